The van der Waals surface area contributed by atoms with E-state index in [0.717, 1.165) is 19.0 Å². The fraction of sp³-hybridized carbons (Fsp3) is 1.00. The molecule has 0 spiro atoms. The highest BCUT2D eigenvalue weighted by molar-refractivity contribution is 4.74. The molecule has 1 atom stereocenters. The van der Waals surface area contributed by atoms with Gasteiger partial charge in [0.1, 0.15) is 0 Å². The molecule has 1 aliphatic rings. The van der Waals surface area contributed by atoms with Crippen molar-refractivity contribution in [2.75, 3.05) is 19.6 Å². The lowest BCUT2D eigenvalue weighted by molar-refractivity contribution is 0.178. The van der Waals surface area contributed by atoms with E-state index in [1.165, 1.54) is 25.8 Å². The summed E-state index contributed by atoms with van der Waals surface area (Å²) in [6.07, 6.45) is 4.32. The first kappa shape index (κ1) is 10.0. The maximum Gasteiger partial charge on any atom is 0.0139 e. The first-order valence-electron chi connectivity index (χ1n) is 5.20. The minimum Gasteiger partial charge on any atom is -0.327 e. The van der Waals surface area contributed by atoms with Crippen molar-refractivity contribution < 1.29 is 0 Å². The number of hydrogen-bond acceptors (Lipinski definition) is 2. The van der Waals surface area contributed by atoms with Gasteiger partial charge >= 0.3 is 0 Å². The van der Waals surface area contributed by atoms with Gasteiger partial charge in [-0.05, 0) is 32.2 Å². The standard InChI is InChI=1S/C10H22N2/c1-3-12(7-9(2)11)8-10-5-4-6-10/h9-10H,3-8,11H2,1-2H3/t9-/m1/s1. The van der Waals surface area contributed by atoms with E-state index in [2.05, 4.69) is 18.7 Å². The van der Waals surface area contributed by atoms with Crippen molar-refractivity contribution in [3.8, 4) is 0 Å². The molecule has 0 aliphatic heterocycles. The van der Waals surface area contributed by atoms with Gasteiger partial charge in [0, 0.05) is 19.1 Å². The minimum absolute atomic E-state index is 0.324. The van der Waals surface area contributed by atoms with Gasteiger partial charge in [-0.25, -0.2) is 0 Å². The molecule has 0 saturated heterocycles. The van der Waals surface area contributed by atoms with Crippen LogP contribution < -0.4 is 5.73 Å². The van der Waals surface area contributed by atoms with Crippen molar-refractivity contribution in [3.05, 3.63) is 0 Å². The third kappa shape index (κ3) is 3.11. The normalized spacial score (nSPS) is 21.0. The molecule has 0 aromatic heterocycles. The van der Waals surface area contributed by atoms with E-state index >= 15 is 0 Å². The van der Waals surface area contributed by atoms with E-state index in [0.29, 0.717) is 6.04 Å². The van der Waals surface area contributed by atoms with Gasteiger partial charge in [0.05, 0.1) is 0 Å². The summed E-state index contributed by atoms with van der Waals surface area (Å²) < 4.78 is 0. The number of hydrogen-bond donors (Lipinski definition) is 1. The minimum atomic E-state index is 0.324. The zero-order chi connectivity index (χ0) is 8.97. The maximum absolute atomic E-state index is 5.76. The van der Waals surface area contributed by atoms with Crippen LogP contribution in [0.25, 0.3) is 0 Å². The molecule has 0 heterocycles. The number of rotatable bonds is 5. The molecule has 12 heavy (non-hydrogen) atoms. The van der Waals surface area contributed by atoms with Crippen molar-refractivity contribution in [3.63, 3.8) is 0 Å². The molecular formula is C10H22N2. The monoisotopic (exact) mass is 170 g/mol. The van der Waals surface area contributed by atoms with Crippen molar-refractivity contribution in [1.29, 1.82) is 0 Å². The van der Waals surface area contributed by atoms with Crippen molar-refractivity contribution in [1.82, 2.24) is 4.90 Å². The van der Waals surface area contributed by atoms with E-state index in [4.69, 9.17) is 5.73 Å². The molecule has 1 aliphatic carbocycles. The van der Waals surface area contributed by atoms with Crippen LogP contribution in [0.2, 0.25) is 0 Å². The SMILES string of the molecule is CCN(CC1CCC1)C[C@@H](C)N. The summed E-state index contributed by atoms with van der Waals surface area (Å²) in [7, 11) is 0. The maximum atomic E-state index is 5.76. The molecule has 1 saturated carbocycles. The van der Waals surface area contributed by atoms with Crippen LogP contribution in [0.15, 0.2) is 0 Å². The van der Waals surface area contributed by atoms with Crippen molar-refractivity contribution in [2.24, 2.45) is 11.7 Å². The number of nitrogens with zero attached hydrogens (tertiary/aromatic N) is 1. The first-order chi connectivity index (χ1) is 5.72. The molecule has 0 amide bonds. The molecule has 2 N–H and O–H groups in total. The van der Waals surface area contributed by atoms with E-state index in [1.807, 2.05) is 0 Å². The fourth-order valence-electron chi connectivity index (χ4n) is 1.78. The van der Waals surface area contributed by atoms with E-state index in [-0.39, 0.29) is 0 Å². The summed E-state index contributed by atoms with van der Waals surface area (Å²) in [6.45, 7) is 7.80. The molecule has 1 rings (SSSR count). The number of likely N-dealkylation sites (N-methyl/N-ethyl adjacent to an activating group) is 1. The van der Waals surface area contributed by atoms with E-state index in [9.17, 15) is 0 Å². The van der Waals surface area contributed by atoms with Crippen molar-refractivity contribution >= 4 is 0 Å². The summed E-state index contributed by atoms with van der Waals surface area (Å²) >= 11 is 0. The Kier molecular flexibility index (Phi) is 4.02. The first-order valence-corrected chi connectivity index (χ1v) is 5.20. The summed E-state index contributed by atoms with van der Waals surface area (Å²) in [5.74, 6) is 0.976. The van der Waals surface area contributed by atoms with Crippen LogP contribution in [0.5, 0.6) is 0 Å². The zero-order valence-electron chi connectivity index (χ0n) is 8.42. The lowest BCUT2D eigenvalue weighted by atomic mass is 9.85. The highest BCUT2D eigenvalue weighted by Crippen LogP contribution is 2.26. The molecule has 72 valence electrons. The van der Waals surface area contributed by atoms with Crippen LogP contribution in [0.1, 0.15) is 33.1 Å². The van der Waals surface area contributed by atoms with Crippen LogP contribution in [0.3, 0.4) is 0 Å². The second-order valence-electron chi connectivity index (χ2n) is 4.13. The summed E-state index contributed by atoms with van der Waals surface area (Å²) in [4.78, 5) is 2.48. The van der Waals surface area contributed by atoms with Gasteiger partial charge in [-0.2, -0.15) is 0 Å². The van der Waals surface area contributed by atoms with E-state index in [1.54, 1.807) is 0 Å². The van der Waals surface area contributed by atoms with E-state index < -0.39 is 0 Å². The Bertz CT molecular complexity index is 119. The molecular weight excluding hydrogens is 148 g/mol. The Hall–Kier alpha value is -0.0800. The van der Waals surface area contributed by atoms with Gasteiger partial charge in [-0.1, -0.05) is 13.3 Å². The average molecular weight is 170 g/mol. The average Bonchev–Trinajstić information content (AvgIpc) is 1.93. The molecule has 0 bridgehead atoms. The van der Waals surface area contributed by atoms with Crippen LogP contribution in [0.4, 0.5) is 0 Å². The summed E-state index contributed by atoms with van der Waals surface area (Å²) in [5.41, 5.74) is 5.76. The highest BCUT2D eigenvalue weighted by Gasteiger charge is 2.20. The van der Waals surface area contributed by atoms with Gasteiger partial charge in [-0.3, -0.25) is 0 Å². The molecule has 0 aromatic rings. The Labute approximate surface area is 76.1 Å². The van der Waals surface area contributed by atoms with Gasteiger partial charge in [0.25, 0.3) is 0 Å². The lowest BCUT2D eigenvalue weighted by Gasteiger charge is -2.32. The molecule has 2 nitrogen and oxygen atoms in total. The Morgan fingerprint density at radius 3 is 2.50 bits per heavy atom. The Morgan fingerprint density at radius 2 is 2.17 bits per heavy atom. The van der Waals surface area contributed by atoms with Gasteiger partial charge in [0.2, 0.25) is 0 Å². The second kappa shape index (κ2) is 4.83. The molecule has 2 heteroatoms. The van der Waals surface area contributed by atoms with Crippen molar-refractivity contribution in [2.45, 2.75) is 39.2 Å². The van der Waals surface area contributed by atoms with Gasteiger partial charge < -0.3 is 10.6 Å². The molecule has 0 aromatic carbocycles. The largest absolute Gasteiger partial charge is 0.327 e. The quantitative estimate of drug-likeness (QED) is 0.677. The fourth-order valence-corrected chi connectivity index (χ4v) is 1.78. The highest BCUT2D eigenvalue weighted by atomic mass is 15.1. The zero-order valence-corrected chi connectivity index (χ0v) is 8.42. The Morgan fingerprint density at radius 1 is 1.50 bits per heavy atom. The predicted octanol–water partition coefficient (Wildman–Crippen LogP) is 1.46. The third-order valence-corrected chi connectivity index (χ3v) is 2.73. The van der Waals surface area contributed by atoms with Crippen LogP contribution in [-0.4, -0.2) is 30.6 Å². The molecule has 0 radical (unpaired) electrons. The summed E-state index contributed by atoms with van der Waals surface area (Å²) in [5, 5.41) is 0. The van der Waals surface area contributed by atoms with Crippen LogP contribution in [-0.2, 0) is 0 Å². The lowest BCUT2D eigenvalue weighted by Crippen LogP contribution is -2.39. The third-order valence-electron chi connectivity index (χ3n) is 2.73. The summed E-state index contributed by atoms with van der Waals surface area (Å²) in [6, 6.07) is 0.324. The second-order valence-corrected chi connectivity index (χ2v) is 4.13. The number of nitrogens with two attached hydrogens (primary N) is 1. The van der Waals surface area contributed by atoms with Crippen LogP contribution >= 0.6 is 0 Å². The molecule has 0 unspecified atom stereocenters. The van der Waals surface area contributed by atoms with Gasteiger partial charge in [-0.15, -0.1) is 0 Å². The molecule has 1 fully saturated rings. The topological polar surface area (TPSA) is 29.3 Å². The Balaban J connectivity index is 2.15. The van der Waals surface area contributed by atoms with Gasteiger partial charge in [0.15, 0.2) is 0 Å². The predicted molar refractivity (Wildman–Crippen MR) is 53.1 cm³/mol. The smallest absolute Gasteiger partial charge is 0.0139 e. The van der Waals surface area contributed by atoms with Crippen LogP contribution in [0, 0.1) is 5.92 Å².